The summed E-state index contributed by atoms with van der Waals surface area (Å²) in [7, 11) is 0. The van der Waals surface area contributed by atoms with Gasteiger partial charge in [-0.25, -0.2) is 9.97 Å². The molecule has 1 aliphatic rings. The van der Waals surface area contributed by atoms with Crippen molar-refractivity contribution in [2.75, 3.05) is 29.9 Å². The van der Waals surface area contributed by atoms with Crippen molar-refractivity contribution in [3.63, 3.8) is 0 Å². The van der Waals surface area contributed by atoms with Gasteiger partial charge in [-0.15, -0.1) is 11.3 Å². The number of carbonyl (C=O) groups is 2. The van der Waals surface area contributed by atoms with Crippen LogP contribution in [0.15, 0.2) is 42.0 Å². The van der Waals surface area contributed by atoms with Gasteiger partial charge >= 0.3 is 0 Å². The molecule has 2 atom stereocenters. The van der Waals surface area contributed by atoms with Crippen LogP contribution < -0.4 is 15.5 Å². The van der Waals surface area contributed by atoms with Crippen molar-refractivity contribution in [1.29, 1.82) is 0 Å². The van der Waals surface area contributed by atoms with Gasteiger partial charge in [0.25, 0.3) is 5.91 Å². The molecule has 2 unspecified atom stereocenters. The average Bonchev–Trinajstić information content (AvgIpc) is 3.47. The fourth-order valence-electron chi connectivity index (χ4n) is 3.93. The van der Waals surface area contributed by atoms with E-state index >= 15 is 0 Å². The molecule has 2 amide bonds. The van der Waals surface area contributed by atoms with E-state index in [1.807, 2.05) is 34.3 Å². The minimum Gasteiger partial charge on any atom is -0.372 e. The second kappa shape index (κ2) is 10.2. The third kappa shape index (κ3) is 6.26. The van der Waals surface area contributed by atoms with Crippen LogP contribution in [-0.2, 0) is 15.1 Å². The molecule has 1 aliphatic heterocycles. The number of nitrogens with zero attached hydrogens (tertiary/aromatic N) is 4. The first kappa shape index (κ1) is 24.9. The molecule has 0 aromatic carbocycles. The first-order valence-corrected chi connectivity index (χ1v) is 12.6. The van der Waals surface area contributed by atoms with Crippen molar-refractivity contribution in [3.05, 3.63) is 47.6 Å². The van der Waals surface area contributed by atoms with Gasteiger partial charge in [0.05, 0.1) is 30.0 Å². The van der Waals surface area contributed by atoms with Gasteiger partial charge in [-0.05, 0) is 52.8 Å². The fraction of sp³-hybridized carbons (Fsp3) is 0.440. The summed E-state index contributed by atoms with van der Waals surface area (Å²) in [5.74, 6) is 0.245. The predicted octanol–water partition coefficient (Wildman–Crippen LogP) is 3.74. The maximum absolute atomic E-state index is 12.4. The topological polar surface area (TPSA) is 101 Å². The molecule has 0 spiro atoms. The van der Waals surface area contributed by atoms with Crippen LogP contribution in [0.1, 0.15) is 45.0 Å². The summed E-state index contributed by atoms with van der Waals surface area (Å²) in [6.07, 6.45) is 3.92. The van der Waals surface area contributed by atoms with Crippen LogP contribution in [0.2, 0.25) is 0 Å². The number of pyridine rings is 1. The lowest BCUT2D eigenvalue weighted by atomic mass is 10.1. The number of anilines is 2. The smallest absolute Gasteiger partial charge is 0.253 e. The maximum Gasteiger partial charge on any atom is 0.253 e. The third-order valence-corrected chi connectivity index (χ3v) is 6.39. The van der Waals surface area contributed by atoms with Crippen molar-refractivity contribution in [3.8, 4) is 11.4 Å². The molecule has 4 heterocycles. The highest BCUT2D eigenvalue weighted by molar-refractivity contribution is 7.14. The number of amides is 2. The van der Waals surface area contributed by atoms with E-state index in [4.69, 9.17) is 9.72 Å². The Labute approximate surface area is 209 Å². The minimum atomic E-state index is -0.340. The number of rotatable bonds is 6. The van der Waals surface area contributed by atoms with Crippen LogP contribution in [0, 0.1) is 0 Å². The van der Waals surface area contributed by atoms with E-state index in [0.717, 1.165) is 24.6 Å². The van der Waals surface area contributed by atoms with Crippen LogP contribution in [-0.4, -0.2) is 58.2 Å². The van der Waals surface area contributed by atoms with Crippen LogP contribution in [0.5, 0.6) is 0 Å². The number of hydrogen-bond donors (Lipinski definition) is 2. The van der Waals surface area contributed by atoms with Crippen molar-refractivity contribution in [1.82, 2.24) is 19.9 Å². The Balaban J connectivity index is 1.34. The first-order chi connectivity index (χ1) is 16.6. The monoisotopic (exact) mass is 496 g/mol. The van der Waals surface area contributed by atoms with Gasteiger partial charge in [0.2, 0.25) is 5.91 Å². The first-order valence-electron chi connectivity index (χ1n) is 11.7. The molecule has 0 bridgehead atoms. The summed E-state index contributed by atoms with van der Waals surface area (Å²) in [6, 6.07) is 7.59. The lowest BCUT2D eigenvalue weighted by molar-refractivity contribution is -0.115. The van der Waals surface area contributed by atoms with Gasteiger partial charge in [0, 0.05) is 36.4 Å². The van der Waals surface area contributed by atoms with Gasteiger partial charge in [-0.1, -0.05) is 6.07 Å². The molecule has 0 radical (unpaired) electrons. The standard InChI is InChI=1S/C25H32N6O3S/c1-16-12-30(13-17(2)34-16)21-8-6-7-19(27-21)20-15-35-24(28-20)29-22(32)11-26-23(33)18-9-10-31(14-18)25(3,4)5/h6-10,14-17H,11-13H2,1-5H3,(H,26,33)(H,28,29,32). The second-order valence-electron chi connectivity index (χ2n) is 9.79. The van der Waals surface area contributed by atoms with Crippen LogP contribution in [0.3, 0.4) is 0 Å². The van der Waals surface area contributed by atoms with E-state index in [9.17, 15) is 9.59 Å². The van der Waals surface area contributed by atoms with Crippen LogP contribution >= 0.6 is 11.3 Å². The molecule has 4 rings (SSSR count). The van der Waals surface area contributed by atoms with Crippen molar-refractivity contribution < 1.29 is 14.3 Å². The Morgan fingerprint density at radius 3 is 2.54 bits per heavy atom. The van der Waals surface area contributed by atoms with Gasteiger partial charge in [0.1, 0.15) is 11.5 Å². The number of carbonyl (C=O) groups excluding carboxylic acids is 2. The Morgan fingerprint density at radius 1 is 1.11 bits per heavy atom. The van der Waals surface area contributed by atoms with E-state index in [-0.39, 0.29) is 36.1 Å². The summed E-state index contributed by atoms with van der Waals surface area (Å²) in [5.41, 5.74) is 1.82. The Kier molecular flexibility index (Phi) is 7.23. The maximum atomic E-state index is 12.4. The molecule has 35 heavy (non-hydrogen) atoms. The molecule has 0 saturated carbocycles. The molecule has 10 heteroatoms. The quantitative estimate of drug-likeness (QED) is 0.539. The van der Waals surface area contributed by atoms with Crippen LogP contribution in [0.25, 0.3) is 11.4 Å². The summed E-state index contributed by atoms with van der Waals surface area (Å²) < 4.78 is 7.78. The highest BCUT2D eigenvalue weighted by Crippen LogP contribution is 2.26. The lowest BCUT2D eigenvalue weighted by Crippen LogP contribution is -2.45. The number of thiazole rings is 1. The van der Waals surface area contributed by atoms with Crippen molar-refractivity contribution in [2.45, 2.75) is 52.4 Å². The zero-order valence-corrected chi connectivity index (χ0v) is 21.6. The van der Waals surface area contributed by atoms with Gasteiger partial charge < -0.3 is 24.8 Å². The second-order valence-corrected chi connectivity index (χ2v) is 10.6. The summed E-state index contributed by atoms with van der Waals surface area (Å²) in [6.45, 7) is 11.7. The predicted molar refractivity (Wildman–Crippen MR) is 138 cm³/mol. The number of nitrogens with one attached hydrogen (secondary N) is 2. The molecule has 3 aromatic rings. The fourth-order valence-corrected chi connectivity index (χ4v) is 4.65. The molecule has 2 N–H and O–H groups in total. The molecule has 9 nitrogen and oxygen atoms in total. The highest BCUT2D eigenvalue weighted by atomic mass is 32.1. The summed E-state index contributed by atoms with van der Waals surface area (Å²) >= 11 is 1.32. The Hall–Kier alpha value is -3.24. The van der Waals surface area contributed by atoms with E-state index < -0.39 is 0 Å². The normalized spacial score (nSPS) is 18.4. The summed E-state index contributed by atoms with van der Waals surface area (Å²) in [5, 5.41) is 7.73. The Morgan fingerprint density at radius 2 is 1.86 bits per heavy atom. The zero-order valence-electron chi connectivity index (χ0n) is 20.7. The highest BCUT2D eigenvalue weighted by Gasteiger charge is 2.23. The zero-order chi connectivity index (χ0) is 25.2. The SMILES string of the molecule is CC1CN(c2cccc(-c3csc(NC(=O)CNC(=O)c4ccn(C(C)(C)C)c4)n3)n2)CC(C)O1. The summed E-state index contributed by atoms with van der Waals surface area (Å²) in [4.78, 5) is 36.3. The molecular weight excluding hydrogens is 464 g/mol. The van der Waals surface area contributed by atoms with Crippen LogP contribution in [0.4, 0.5) is 10.9 Å². The minimum absolute atomic E-state index is 0.119. The van der Waals surface area contributed by atoms with Crippen molar-refractivity contribution in [2.24, 2.45) is 0 Å². The number of ether oxygens (including phenoxy) is 1. The van der Waals surface area contributed by atoms with E-state index in [1.165, 1.54) is 11.3 Å². The number of morpholine rings is 1. The van der Waals surface area contributed by atoms with Gasteiger partial charge in [-0.3, -0.25) is 9.59 Å². The third-order valence-electron chi connectivity index (χ3n) is 5.63. The number of aromatic nitrogens is 3. The van der Waals surface area contributed by atoms with E-state index in [2.05, 4.69) is 55.1 Å². The van der Waals surface area contributed by atoms with Crippen molar-refractivity contribution >= 4 is 34.1 Å². The van der Waals surface area contributed by atoms with E-state index in [1.54, 1.807) is 12.3 Å². The van der Waals surface area contributed by atoms with Gasteiger partial charge in [-0.2, -0.15) is 0 Å². The molecular formula is C25H32N6O3S. The lowest BCUT2D eigenvalue weighted by Gasteiger charge is -2.36. The Bertz CT molecular complexity index is 1190. The molecule has 3 aromatic heterocycles. The van der Waals surface area contributed by atoms with E-state index in [0.29, 0.717) is 16.4 Å². The molecule has 0 aliphatic carbocycles. The molecule has 1 fully saturated rings. The number of hydrogen-bond acceptors (Lipinski definition) is 7. The average molecular weight is 497 g/mol. The molecule has 1 saturated heterocycles. The molecule has 186 valence electrons. The largest absolute Gasteiger partial charge is 0.372 e. The van der Waals surface area contributed by atoms with Gasteiger partial charge in [0.15, 0.2) is 5.13 Å².